The minimum absolute atomic E-state index is 0.140. The summed E-state index contributed by atoms with van der Waals surface area (Å²) in [6.45, 7) is 2.04. The summed E-state index contributed by atoms with van der Waals surface area (Å²) < 4.78 is 0. The van der Waals surface area contributed by atoms with Gasteiger partial charge in [-0.15, -0.1) is 0 Å². The fourth-order valence-electron chi connectivity index (χ4n) is 2.53. The topological polar surface area (TPSA) is 58.3 Å². The molecule has 0 amide bonds. The highest BCUT2D eigenvalue weighted by molar-refractivity contribution is 5.70. The second kappa shape index (κ2) is 5.41. The van der Waals surface area contributed by atoms with Crippen LogP contribution in [0.4, 0.5) is 11.4 Å². The number of aryl methyl sites for hydroxylation is 1. The van der Waals surface area contributed by atoms with Gasteiger partial charge in [0, 0.05) is 0 Å². The molecule has 2 unspecified atom stereocenters. The minimum atomic E-state index is -0.253. The third-order valence-corrected chi connectivity index (χ3v) is 3.61. The molecule has 0 bridgehead atoms. The Morgan fingerprint density at radius 1 is 1.24 bits per heavy atom. The highest BCUT2D eigenvalue weighted by Gasteiger charge is 2.22. The SMILES string of the molecule is Cc1cccc(N)c1NC1CCCCCC1O. The van der Waals surface area contributed by atoms with Crippen molar-refractivity contribution < 1.29 is 5.11 Å². The first-order valence-electron chi connectivity index (χ1n) is 6.48. The van der Waals surface area contributed by atoms with Crippen molar-refractivity contribution in [3.63, 3.8) is 0 Å². The van der Waals surface area contributed by atoms with Gasteiger partial charge in [-0.1, -0.05) is 31.4 Å². The van der Waals surface area contributed by atoms with Crippen LogP contribution in [0.25, 0.3) is 0 Å². The van der Waals surface area contributed by atoms with Crippen molar-refractivity contribution in [2.45, 2.75) is 51.2 Å². The van der Waals surface area contributed by atoms with E-state index in [1.54, 1.807) is 0 Å². The molecule has 0 aromatic heterocycles. The van der Waals surface area contributed by atoms with Gasteiger partial charge in [-0.2, -0.15) is 0 Å². The summed E-state index contributed by atoms with van der Waals surface area (Å²) in [5.41, 5.74) is 8.87. The molecule has 94 valence electrons. The molecule has 1 aromatic carbocycles. The van der Waals surface area contributed by atoms with Crippen LogP contribution in [0.1, 0.15) is 37.7 Å². The maximum absolute atomic E-state index is 10.1. The Hall–Kier alpha value is -1.22. The Bertz CT molecular complexity index is 358. The number of rotatable bonds is 2. The number of aliphatic hydroxyl groups is 1. The van der Waals surface area contributed by atoms with Crippen LogP contribution >= 0.6 is 0 Å². The Labute approximate surface area is 103 Å². The van der Waals surface area contributed by atoms with E-state index < -0.39 is 0 Å². The minimum Gasteiger partial charge on any atom is -0.397 e. The first-order chi connectivity index (χ1) is 8.18. The standard InChI is InChI=1S/C14H22N2O/c1-10-6-5-7-11(15)14(10)16-12-8-3-2-4-9-13(12)17/h5-7,12-13,16-17H,2-4,8-9,15H2,1H3. The maximum atomic E-state index is 10.1. The van der Waals surface area contributed by atoms with Crippen LogP contribution in [0.2, 0.25) is 0 Å². The molecule has 1 saturated carbocycles. The van der Waals surface area contributed by atoms with E-state index >= 15 is 0 Å². The van der Waals surface area contributed by atoms with Crippen LogP contribution in [0.5, 0.6) is 0 Å². The molecule has 2 rings (SSSR count). The molecule has 0 heterocycles. The predicted octanol–water partition coefficient (Wildman–Crippen LogP) is 2.68. The smallest absolute Gasteiger partial charge is 0.0741 e. The van der Waals surface area contributed by atoms with E-state index in [9.17, 15) is 5.11 Å². The number of hydrogen-bond donors (Lipinski definition) is 3. The van der Waals surface area contributed by atoms with Gasteiger partial charge in [-0.05, 0) is 31.4 Å². The maximum Gasteiger partial charge on any atom is 0.0741 e. The van der Waals surface area contributed by atoms with E-state index in [4.69, 9.17) is 5.73 Å². The normalized spacial score (nSPS) is 25.3. The van der Waals surface area contributed by atoms with Crippen molar-refractivity contribution in [2.24, 2.45) is 0 Å². The fraction of sp³-hybridized carbons (Fsp3) is 0.571. The number of hydrogen-bond acceptors (Lipinski definition) is 3. The molecule has 1 aliphatic carbocycles. The second-order valence-electron chi connectivity index (χ2n) is 5.00. The summed E-state index contributed by atoms with van der Waals surface area (Å²) in [6.07, 6.45) is 5.19. The van der Waals surface area contributed by atoms with Gasteiger partial charge in [0.1, 0.15) is 0 Å². The van der Waals surface area contributed by atoms with E-state index in [2.05, 4.69) is 5.32 Å². The molecule has 0 saturated heterocycles. The van der Waals surface area contributed by atoms with Gasteiger partial charge >= 0.3 is 0 Å². The monoisotopic (exact) mass is 234 g/mol. The lowest BCUT2D eigenvalue weighted by molar-refractivity contribution is 0.144. The number of nitrogen functional groups attached to an aromatic ring is 1. The Kier molecular flexibility index (Phi) is 3.89. The third kappa shape index (κ3) is 2.91. The zero-order valence-electron chi connectivity index (χ0n) is 10.4. The summed E-state index contributed by atoms with van der Waals surface area (Å²) in [6, 6.07) is 6.04. The highest BCUT2D eigenvalue weighted by atomic mass is 16.3. The summed E-state index contributed by atoms with van der Waals surface area (Å²) in [5.74, 6) is 0. The van der Waals surface area contributed by atoms with Crippen LogP contribution in [-0.2, 0) is 0 Å². The Morgan fingerprint density at radius 3 is 2.76 bits per heavy atom. The molecule has 0 aliphatic heterocycles. The number of nitrogens with one attached hydrogen (secondary N) is 1. The van der Waals surface area contributed by atoms with E-state index in [1.165, 1.54) is 12.8 Å². The highest BCUT2D eigenvalue weighted by Crippen LogP contribution is 2.27. The van der Waals surface area contributed by atoms with E-state index in [1.807, 2.05) is 25.1 Å². The van der Waals surface area contributed by atoms with Crippen LogP contribution in [-0.4, -0.2) is 17.3 Å². The van der Waals surface area contributed by atoms with E-state index in [0.29, 0.717) is 0 Å². The van der Waals surface area contributed by atoms with Gasteiger partial charge in [-0.25, -0.2) is 0 Å². The summed E-state index contributed by atoms with van der Waals surface area (Å²) in [5, 5.41) is 13.5. The zero-order valence-corrected chi connectivity index (χ0v) is 10.4. The summed E-state index contributed by atoms with van der Waals surface area (Å²) in [7, 11) is 0. The molecular formula is C14H22N2O. The lowest BCUT2D eigenvalue weighted by Gasteiger charge is -2.24. The Balaban J connectivity index is 2.13. The van der Waals surface area contributed by atoms with Crippen molar-refractivity contribution in [3.05, 3.63) is 23.8 Å². The lowest BCUT2D eigenvalue weighted by atomic mass is 10.0. The largest absolute Gasteiger partial charge is 0.397 e. The van der Waals surface area contributed by atoms with E-state index in [-0.39, 0.29) is 12.1 Å². The van der Waals surface area contributed by atoms with Gasteiger partial charge in [0.05, 0.1) is 23.5 Å². The Morgan fingerprint density at radius 2 is 2.00 bits per heavy atom. The fourth-order valence-corrected chi connectivity index (χ4v) is 2.53. The molecule has 3 nitrogen and oxygen atoms in total. The number of nitrogens with two attached hydrogens (primary N) is 1. The predicted molar refractivity (Wildman–Crippen MR) is 72.1 cm³/mol. The molecule has 4 N–H and O–H groups in total. The number of anilines is 2. The zero-order chi connectivity index (χ0) is 12.3. The van der Waals surface area contributed by atoms with Crippen molar-refractivity contribution >= 4 is 11.4 Å². The summed E-state index contributed by atoms with van der Waals surface area (Å²) in [4.78, 5) is 0. The molecule has 0 radical (unpaired) electrons. The van der Waals surface area contributed by atoms with Gasteiger partial charge in [0.15, 0.2) is 0 Å². The molecule has 0 spiro atoms. The molecule has 1 aromatic rings. The van der Waals surface area contributed by atoms with Crippen LogP contribution in [0.3, 0.4) is 0 Å². The van der Waals surface area contributed by atoms with Gasteiger partial charge in [-0.3, -0.25) is 0 Å². The first-order valence-corrected chi connectivity index (χ1v) is 6.48. The number of para-hydroxylation sites is 1. The van der Waals surface area contributed by atoms with Gasteiger partial charge in [0.2, 0.25) is 0 Å². The van der Waals surface area contributed by atoms with Gasteiger partial charge in [0.25, 0.3) is 0 Å². The molecule has 1 aliphatic rings. The van der Waals surface area contributed by atoms with E-state index in [0.717, 1.165) is 36.2 Å². The first kappa shape index (κ1) is 12.2. The van der Waals surface area contributed by atoms with Crippen molar-refractivity contribution in [3.8, 4) is 0 Å². The second-order valence-corrected chi connectivity index (χ2v) is 5.00. The average Bonchev–Trinajstić information content (AvgIpc) is 2.49. The number of aliphatic hydroxyl groups excluding tert-OH is 1. The quantitative estimate of drug-likeness (QED) is 0.544. The van der Waals surface area contributed by atoms with Crippen molar-refractivity contribution in [2.75, 3.05) is 11.1 Å². The van der Waals surface area contributed by atoms with Crippen LogP contribution in [0.15, 0.2) is 18.2 Å². The third-order valence-electron chi connectivity index (χ3n) is 3.61. The number of benzene rings is 1. The average molecular weight is 234 g/mol. The summed E-state index contributed by atoms with van der Waals surface area (Å²) >= 11 is 0. The van der Waals surface area contributed by atoms with Crippen LogP contribution in [0, 0.1) is 6.92 Å². The van der Waals surface area contributed by atoms with Crippen molar-refractivity contribution in [1.29, 1.82) is 0 Å². The molecule has 2 atom stereocenters. The van der Waals surface area contributed by atoms with Crippen LogP contribution < -0.4 is 11.1 Å². The van der Waals surface area contributed by atoms with Crippen molar-refractivity contribution in [1.82, 2.24) is 0 Å². The molecule has 3 heteroatoms. The molecule has 1 fully saturated rings. The lowest BCUT2D eigenvalue weighted by Crippen LogP contribution is -2.33. The molecular weight excluding hydrogens is 212 g/mol. The molecule has 17 heavy (non-hydrogen) atoms. The van der Waals surface area contributed by atoms with Gasteiger partial charge < -0.3 is 16.2 Å².